The maximum atomic E-state index is 8.63. The third-order valence-corrected chi connectivity index (χ3v) is 2.40. The highest BCUT2D eigenvalue weighted by Crippen LogP contribution is 2.06. The Labute approximate surface area is 76.2 Å². The van der Waals surface area contributed by atoms with Gasteiger partial charge < -0.3 is 16.2 Å². The first kappa shape index (κ1) is 9.67. The van der Waals surface area contributed by atoms with Gasteiger partial charge in [0.25, 0.3) is 0 Å². The fourth-order valence-electron chi connectivity index (χ4n) is 0.858. The van der Waals surface area contributed by atoms with Crippen molar-refractivity contribution in [2.24, 2.45) is 5.73 Å². The fourth-order valence-corrected chi connectivity index (χ4v) is 1.53. The standard InChI is InChI=1S/C8H14N2OS/c9-7(6-11)4-10-5-8-2-1-3-12-8/h1-3,7,10-11H,4-6,9H2. The highest BCUT2D eigenvalue weighted by molar-refractivity contribution is 7.09. The molecule has 0 aliphatic carbocycles. The van der Waals surface area contributed by atoms with Crippen molar-refractivity contribution >= 4 is 11.3 Å². The second-order valence-corrected chi connectivity index (χ2v) is 3.69. The molecule has 4 heteroatoms. The Morgan fingerprint density at radius 1 is 1.67 bits per heavy atom. The molecule has 0 spiro atoms. The normalized spacial score (nSPS) is 13.2. The minimum atomic E-state index is -0.148. The van der Waals surface area contributed by atoms with Crippen LogP contribution in [0, 0.1) is 0 Å². The average Bonchev–Trinajstić information content (AvgIpc) is 2.57. The van der Waals surface area contributed by atoms with Crippen LogP contribution in [0.25, 0.3) is 0 Å². The molecule has 0 saturated heterocycles. The van der Waals surface area contributed by atoms with Gasteiger partial charge in [0.2, 0.25) is 0 Å². The zero-order valence-corrected chi connectivity index (χ0v) is 7.68. The highest BCUT2D eigenvalue weighted by Gasteiger charge is 1.98. The zero-order valence-electron chi connectivity index (χ0n) is 6.86. The summed E-state index contributed by atoms with van der Waals surface area (Å²) in [6, 6.07) is 3.94. The summed E-state index contributed by atoms with van der Waals surface area (Å²) in [5.41, 5.74) is 5.50. The van der Waals surface area contributed by atoms with Gasteiger partial charge in [0.15, 0.2) is 0 Å². The van der Waals surface area contributed by atoms with E-state index in [0.717, 1.165) is 6.54 Å². The predicted molar refractivity (Wildman–Crippen MR) is 51.1 cm³/mol. The van der Waals surface area contributed by atoms with Gasteiger partial charge in [-0.05, 0) is 11.4 Å². The molecule has 0 saturated carbocycles. The van der Waals surface area contributed by atoms with E-state index in [-0.39, 0.29) is 12.6 Å². The van der Waals surface area contributed by atoms with Crippen molar-refractivity contribution in [2.75, 3.05) is 13.2 Å². The molecule has 0 bridgehead atoms. The van der Waals surface area contributed by atoms with E-state index in [1.165, 1.54) is 4.88 Å². The zero-order chi connectivity index (χ0) is 8.81. The Morgan fingerprint density at radius 3 is 3.08 bits per heavy atom. The second-order valence-electron chi connectivity index (χ2n) is 2.65. The topological polar surface area (TPSA) is 58.3 Å². The number of thiophene rings is 1. The molecule has 0 amide bonds. The number of rotatable bonds is 5. The fraction of sp³-hybridized carbons (Fsp3) is 0.500. The summed E-state index contributed by atoms with van der Waals surface area (Å²) in [5, 5.41) is 13.8. The van der Waals surface area contributed by atoms with Crippen molar-refractivity contribution in [1.82, 2.24) is 5.32 Å². The van der Waals surface area contributed by atoms with Crippen LogP contribution in [0.4, 0.5) is 0 Å². The summed E-state index contributed by atoms with van der Waals surface area (Å²) in [6.45, 7) is 1.54. The molecule has 12 heavy (non-hydrogen) atoms. The van der Waals surface area contributed by atoms with Crippen molar-refractivity contribution in [3.8, 4) is 0 Å². The second kappa shape index (κ2) is 5.27. The molecule has 1 aromatic heterocycles. The molecular weight excluding hydrogens is 172 g/mol. The van der Waals surface area contributed by atoms with E-state index in [1.54, 1.807) is 11.3 Å². The van der Waals surface area contributed by atoms with E-state index < -0.39 is 0 Å². The summed E-state index contributed by atoms with van der Waals surface area (Å²) in [5.74, 6) is 0. The van der Waals surface area contributed by atoms with Crippen LogP contribution in [-0.4, -0.2) is 24.3 Å². The van der Waals surface area contributed by atoms with Gasteiger partial charge in [0.1, 0.15) is 0 Å². The van der Waals surface area contributed by atoms with Gasteiger partial charge in [-0.15, -0.1) is 11.3 Å². The van der Waals surface area contributed by atoms with Gasteiger partial charge in [-0.3, -0.25) is 0 Å². The largest absolute Gasteiger partial charge is 0.395 e. The highest BCUT2D eigenvalue weighted by atomic mass is 32.1. The van der Waals surface area contributed by atoms with E-state index in [4.69, 9.17) is 10.8 Å². The van der Waals surface area contributed by atoms with Crippen LogP contribution in [-0.2, 0) is 6.54 Å². The summed E-state index contributed by atoms with van der Waals surface area (Å²) in [6.07, 6.45) is 0. The summed E-state index contributed by atoms with van der Waals surface area (Å²) in [4.78, 5) is 1.29. The molecule has 1 unspecified atom stereocenters. The van der Waals surface area contributed by atoms with Gasteiger partial charge >= 0.3 is 0 Å². The lowest BCUT2D eigenvalue weighted by molar-refractivity contribution is 0.262. The number of nitrogens with two attached hydrogens (primary N) is 1. The predicted octanol–water partition coefficient (Wildman–Crippen LogP) is 0.157. The van der Waals surface area contributed by atoms with E-state index in [1.807, 2.05) is 11.4 Å². The molecule has 1 heterocycles. The molecule has 3 nitrogen and oxygen atoms in total. The van der Waals surface area contributed by atoms with Crippen molar-refractivity contribution in [3.05, 3.63) is 22.4 Å². The van der Waals surface area contributed by atoms with E-state index >= 15 is 0 Å². The minimum Gasteiger partial charge on any atom is -0.395 e. The molecule has 0 aromatic carbocycles. The van der Waals surface area contributed by atoms with Gasteiger partial charge in [-0.2, -0.15) is 0 Å². The summed E-state index contributed by atoms with van der Waals surface area (Å²) >= 11 is 1.72. The number of aliphatic hydroxyl groups is 1. The molecule has 0 fully saturated rings. The third kappa shape index (κ3) is 3.32. The smallest absolute Gasteiger partial charge is 0.0594 e. The maximum Gasteiger partial charge on any atom is 0.0594 e. The maximum absolute atomic E-state index is 8.63. The molecule has 0 radical (unpaired) electrons. The molecule has 1 atom stereocenters. The van der Waals surface area contributed by atoms with Gasteiger partial charge in [-0.1, -0.05) is 6.07 Å². The molecule has 68 valence electrons. The van der Waals surface area contributed by atoms with Crippen LogP contribution in [0.1, 0.15) is 4.88 Å². The first-order valence-electron chi connectivity index (χ1n) is 3.92. The van der Waals surface area contributed by atoms with E-state index in [0.29, 0.717) is 6.54 Å². The molecule has 4 N–H and O–H groups in total. The molecular formula is C8H14N2OS. The van der Waals surface area contributed by atoms with E-state index in [9.17, 15) is 0 Å². The summed E-state index contributed by atoms with van der Waals surface area (Å²) in [7, 11) is 0. The number of hydrogen-bond acceptors (Lipinski definition) is 4. The molecule has 0 aliphatic heterocycles. The van der Waals surface area contributed by atoms with Crippen LogP contribution in [0.2, 0.25) is 0 Å². The van der Waals surface area contributed by atoms with Crippen LogP contribution in [0.15, 0.2) is 17.5 Å². The number of hydrogen-bond donors (Lipinski definition) is 3. The van der Waals surface area contributed by atoms with Crippen molar-refractivity contribution in [3.63, 3.8) is 0 Å². The van der Waals surface area contributed by atoms with Crippen molar-refractivity contribution in [2.45, 2.75) is 12.6 Å². The molecule has 1 aromatic rings. The third-order valence-electron chi connectivity index (χ3n) is 1.52. The Kier molecular flexibility index (Phi) is 4.24. The Morgan fingerprint density at radius 2 is 2.50 bits per heavy atom. The van der Waals surface area contributed by atoms with Gasteiger partial charge in [-0.25, -0.2) is 0 Å². The van der Waals surface area contributed by atoms with Crippen molar-refractivity contribution in [1.29, 1.82) is 0 Å². The number of aliphatic hydroxyl groups excluding tert-OH is 1. The van der Waals surface area contributed by atoms with E-state index in [2.05, 4.69) is 11.4 Å². The monoisotopic (exact) mass is 186 g/mol. The lowest BCUT2D eigenvalue weighted by Gasteiger charge is -2.08. The van der Waals surface area contributed by atoms with Crippen LogP contribution in [0.5, 0.6) is 0 Å². The minimum absolute atomic E-state index is 0.0391. The number of nitrogens with one attached hydrogen (secondary N) is 1. The van der Waals surface area contributed by atoms with Crippen LogP contribution < -0.4 is 11.1 Å². The average molecular weight is 186 g/mol. The Hall–Kier alpha value is -0.420. The summed E-state index contributed by atoms with van der Waals surface area (Å²) < 4.78 is 0. The molecule has 1 rings (SSSR count). The quantitative estimate of drug-likeness (QED) is 0.614. The Balaban J connectivity index is 2.11. The molecule has 0 aliphatic rings. The lowest BCUT2D eigenvalue weighted by atomic mass is 10.3. The lowest BCUT2D eigenvalue weighted by Crippen LogP contribution is -2.36. The SMILES string of the molecule is NC(CO)CNCc1cccs1. The first-order chi connectivity index (χ1) is 5.83. The first-order valence-corrected chi connectivity index (χ1v) is 4.80. The van der Waals surface area contributed by atoms with Gasteiger partial charge in [0, 0.05) is 24.0 Å². The van der Waals surface area contributed by atoms with Gasteiger partial charge in [0.05, 0.1) is 6.61 Å². The van der Waals surface area contributed by atoms with Crippen LogP contribution in [0.3, 0.4) is 0 Å². The Bertz CT molecular complexity index is 201. The van der Waals surface area contributed by atoms with Crippen molar-refractivity contribution < 1.29 is 5.11 Å². The van der Waals surface area contributed by atoms with Crippen LogP contribution >= 0.6 is 11.3 Å².